The van der Waals surface area contributed by atoms with Crippen LogP contribution in [-0.4, -0.2) is 30.5 Å². The second kappa shape index (κ2) is 10.5. The van der Waals surface area contributed by atoms with Crippen molar-refractivity contribution in [1.29, 1.82) is 0 Å². The molecule has 0 saturated carbocycles. The van der Waals surface area contributed by atoms with Crippen LogP contribution >= 0.6 is 11.6 Å². The fraction of sp³-hybridized carbons (Fsp3) is 0.429. The SMILES string of the molecule is O=C(NCc1ccncc1)C(NCCC1CCNCC1)c1c(F)cccc1Cl. The molecule has 1 atom stereocenters. The summed E-state index contributed by atoms with van der Waals surface area (Å²) in [7, 11) is 0. The van der Waals surface area contributed by atoms with Gasteiger partial charge in [0.15, 0.2) is 0 Å². The Morgan fingerprint density at radius 2 is 2.00 bits per heavy atom. The molecule has 0 spiro atoms. The summed E-state index contributed by atoms with van der Waals surface area (Å²) in [6.45, 7) is 3.03. The van der Waals surface area contributed by atoms with E-state index in [0.29, 0.717) is 19.0 Å². The van der Waals surface area contributed by atoms with Crippen LogP contribution in [0.3, 0.4) is 0 Å². The molecule has 1 amide bonds. The minimum Gasteiger partial charge on any atom is -0.350 e. The van der Waals surface area contributed by atoms with Gasteiger partial charge in [-0.2, -0.15) is 0 Å². The Morgan fingerprint density at radius 3 is 2.71 bits per heavy atom. The summed E-state index contributed by atoms with van der Waals surface area (Å²) in [6.07, 6.45) is 6.54. The molecule has 0 radical (unpaired) electrons. The van der Waals surface area contributed by atoms with Gasteiger partial charge in [-0.25, -0.2) is 4.39 Å². The molecule has 1 saturated heterocycles. The van der Waals surface area contributed by atoms with E-state index in [1.54, 1.807) is 24.5 Å². The standard InChI is InChI=1S/C21H26ClFN4O/c22-17-2-1-3-18(23)19(17)20(26-13-8-15-4-9-24-10-5-15)21(28)27-14-16-6-11-25-12-7-16/h1-3,6-7,11-12,15,20,24,26H,4-5,8-10,13-14H2,(H,27,28). The lowest BCUT2D eigenvalue weighted by Crippen LogP contribution is -2.39. The number of nitrogens with zero attached hydrogens (tertiary/aromatic N) is 1. The minimum atomic E-state index is -0.836. The van der Waals surface area contributed by atoms with Crippen molar-refractivity contribution in [1.82, 2.24) is 20.9 Å². The number of carbonyl (C=O) groups is 1. The van der Waals surface area contributed by atoms with Crippen molar-refractivity contribution in [2.75, 3.05) is 19.6 Å². The Kier molecular flexibility index (Phi) is 7.77. The number of nitrogens with one attached hydrogen (secondary N) is 3. The topological polar surface area (TPSA) is 66.0 Å². The van der Waals surface area contributed by atoms with Gasteiger partial charge in [-0.15, -0.1) is 0 Å². The van der Waals surface area contributed by atoms with Crippen LogP contribution in [0.1, 0.15) is 36.4 Å². The van der Waals surface area contributed by atoms with Crippen molar-refractivity contribution < 1.29 is 9.18 Å². The quantitative estimate of drug-likeness (QED) is 0.632. The number of aromatic nitrogens is 1. The van der Waals surface area contributed by atoms with E-state index in [9.17, 15) is 9.18 Å². The predicted octanol–water partition coefficient (Wildman–Crippen LogP) is 3.21. The number of benzene rings is 1. The molecule has 2 heterocycles. The first-order chi connectivity index (χ1) is 13.6. The third-order valence-corrected chi connectivity index (χ3v) is 5.46. The van der Waals surface area contributed by atoms with E-state index in [0.717, 1.165) is 37.9 Å². The summed E-state index contributed by atoms with van der Waals surface area (Å²) in [5.74, 6) is -0.162. The summed E-state index contributed by atoms with van der Waals surface area (Å²) in [5, 5.41) is 9.71. The summed E-state index contributed by atoms with van der Waals surface area (Å²) >= 11 is 6.24. The van der Waals surface area contributed by atoms with E-state index in [1.165, 1.54) is 6.07 Å². The molecule has 150 valence electrons. The van der Waals surface area contributed by atoms with E-state index in [1.807, 2.05) is 12.1 Å². The normalized spacial score (nSPS) is 15.9. The highest BCUT2D eigenvalue weighted by molar-refractivity contribution is 6.31. The first-order valence-electron chi connectivity index (χ1n) is 9.70. The Labute approximate surface area is 170 Å². The highest BCUT2D eigenvalue weighted by atomic mass is 35.5. The average molecular weight is 405 g/mol. The minimum absolute atomic E-state index is 0.196. The van der Waals surface area contributed by atoms with Gasteiger partial charge < -0.3 is 16.0 Å². The zero-order valence-electron chi connectivity index (χ0n) is 15.8. The second-order valence-electron chi connectivity index (χ2n) is 7.08. The van der Waals surface area contributed by atoms with E-state index in [4.69, 9.17) is 11.6 Å². The first kappa shape index (κ1) is 20.7. The van der Waals surface area contributed by atoms with Crippen LogP contribution in [0.2, 0.25) is 5.02 Å². The molecule has 1 aromatic carbocycles. The predicted molar refractivity (Wildman–Crippen MR) is 108 cm³/mol. The molecular formula is C21H26ClFN4O. The number of pyridine rings is 1. The number of hydrogen-bond donors (Lipinski definition) is 3. The summed E-state index contributed by atoms with van der Waals surface area (Å²) in [4.78, 5) is 16.8. The van der Waals surface area contributed by atoms with Crippen molar-refractivity contribution in [3.63, 3.8) is 0 Å². The lowest BCUT2D eigenvalue weighted by atomic mass is 9.94. The van der Waals surface area contributed by atoms with Gasteiger partial charge in [0, 0.05) is 29.5 Å². The Bertz CT molecular complexity index is 748. The monoisotopic (exact) mass is 404 g/mol. The maximum Gasteiger partial charge on any atom is 0.242 e. The van der Waals surface area contributed by atoms with Crippen LogP contribution in [0.4, 0.5) is 4.39 Å². The van der Waals surface area contributed by atoms with Crippen LogP contribution in [0.25, 0.3) is 0 Å². The van der Waals surface area contributed by atoms with Crippen LogP contribution < -0.4 is 16.0 Å². The molecule has 7 heteroatoms. The molecule has 1 aromatic heterocycles. The summed E-state index contributed by atoms with van der Waals surface area (Å²) in [5.41, 5.74) is 1.12. The lowest BCUT2D eigenvalue weighted by molar-refractivity contribution is -0.123. The molecule has 5 nitrogen and oxygen atoms in total. The van der Waals surface area contributed by atoms with E-state index < -0.39 is 11.9 Å². The number of carbonyl (C=O) groups excluding carboxylic acids is 1. The van der Waals surface area contributed by atoms with Crippen molar-refractivity contribution in [3.05, 3.63) is 64.7 Å². The summed E-state index contributed by atoms with van der Waals surface area (Å²) in [6, 6.07) is 7.31. The fourth-order valence-corrected chi connectivity index (χ4v) is 3.78. The van der Waals surface area contributed by atoms with Gasteiger partial charge >= 0.3 is 0 Å². The Hall–Kier alpha value is -2.02. The van der Waals surface area contributed by atoms with Gasteiger partial charge in [-0.3, -0.25) is 9.78 Å². The van der Waals surface area contributed by atoms with Crippen LogP contribution in [-0.2, 0) is 11.3 Å². The number of rotatable bonds is 8. The molecule has 28 heavy (non-hydrogen) atoms. The number of hydrogen-bond acceptors (Lipinski definition) is 4. The van der Waals surface area contributed by atoms with Crippen molar-refractivity contribution in [2.24, 2.45) is 5.92 Å². The number of halogens is 2. The zero-order chi connectivity index (χ0) is 19.8. The molecule has 1 aliphatic heterocycles. The van der Waals surface area contributed by atoms with Gasteiger partial charge in [-0.05, 0) is 74.6 Å². The first-order valence-corrected chi connectivity index (χ1v) is 10.1. The lowest BCUT2D eigenvalue weighted by Gasteiger charge is -2.25. The van der Waals surface area contributed by atoms with Gasteiger partial charge in [0.05, 0.1) is 0 Å². The van der Waals surface area contributed by atoms with Gasteiger partial charge in [0.2, 0.25) is 5.91 Å². The van der Waals surface area contributed by atoms with Gasteiger partial charge in [-0.1, -0.05) is 17.7 Å². The third-order valence-electron chi connectivity index (χ3n) is 5.13. The van der Waals surface area contributed by atoms with E-state index in [2.05, 4.69) is 20.9 Å². The number of piperidine rings is 1. The van der Waals surface area contributed by atoms with E-state index in [-0.39, 0.29) is 16.5 Å². The van der Waals surface area contributed by atoms with Crippen molar-refractivity contribution >= 4 is 17.5 Å². The summed E-state index contributed by atoms with van der Waals surface area (Å²) < 4.78 is 14.5. The zero-order valence-corrected chi connectivity index (χ0v) is 16.5. The van der Waals surface area contributed by atoms with Crippen LogP contribution in [0.5, 0.6) is 0 Å². The van der Waals surface area contributed by atoms with Crippen LogP contribution in [0.15, 0.2) is 42.7 Å². The number of amides is 1. The molecule has 3 rings (SSSR count). The molecule has 3 N–H and O–H groups in total. The molecule has 0 bridgehead atoms. The van der Waals surface area contributed by atoms with Gasteiger partial charge in [0.1, 0.15) is 11.9 Å². The van der Waals surface area contributed by atoms with Crippen molar-refractivity contribution in [2.45, 2.75) is 31.8 Å². The van der Waals surface area contributed by atoms with Crippen LogP contribution in [0, 0.1) is 11.7 Å². The van der Waals surface area contributed by atoms with Crippen molar-refractivity contribution in [3.8, 4) is 0 Å². The maximum atomic E-state index is 14.5. The Morgan fingerprint density at radius 1 is 1.25 bits per heavy atom. The fourth-order valence-electron chi connectivity index (χ4n) is 3.51. The molecular weight excluding hydrogens is 379 g/mol. The third kappa shape index (κ3) is 5.74. The second-order valence-corrected chi connectivity index (χ2v) is 7.48. The van der Waals surface area contributed by atoms with E-state index >= 15 is 0 Å². The molecule has 1 aliphatic rings. The average Bonchev–Trinajstić information content (AvgIpc) is 2.72. The smallest absolute Gasteiger partial charge is 0.242 e. The highest BCUT2D eigenvalue weighted by Gasteiger charge is 2.26. The Balaban J connectivity index is 1.67. The molecule has 0 aliphatic carbocycles. The maximum absolute atomic E-state index is 14.5. The molecule has 1 unspecified atom stereocenters. The molecule has 2 aromatic rings. The van der Waals surface area contributed by atoms with Gasteiger partial charge in [0.25, 0.3) is 0 Å². The largest absolute Gasteiger partial charge is 0.350 e. The highest BCUT2D eigenvalue weighted by Crippen LogP contribution is 2.27. The molecule has 1 fully saturated rings.